The van der Waals surface area contributed by atoms with E-state index in [2.05, 4.69) is 32.7 Å². The second-order valence-electron chi connectivity index (χ2n) is 13.5. The van der Waals surface area contributed by atoms with Crippen molar-refractivity contribution in [2.75, 3.05) is 0 Å². The van der Waals surface area contributed by atoms with Crippen LogP contribution in [0.5, 0.6) is 0 Å². The van der Waals surface area contributed by atoms with Gasteiger partial charge in [0.15, 0.2) is 0 Å². The van der Waals surface area contributed by atoms with Crippen LogP contribution in [0.25, 0.3) is 0 Å². The molecule has 8 nitrogen and oxygen atoms in total. The first-order valence-corrected chi connectivity index (χ1v) is 14.1. The molecule has 8 heteroatoms. The molecule has 5 fully saturated rings. The molecule has 0 aromatic rings. The summed E-state index contributed by atoms with van der Waals surface area (Å²) in [7, 11) is 0. The van der Waals surface area contributed by atoms with Crippen molar-refractivity contribution < 1.29 is 29.0 Å². The Morgan fingerprint density at radius 2 is 1.76 bits per heavy atom. The number of imide groups is 1. The van der Waals surface area contributed by atoms with E-state index in [9.17, 15) is 19.5 Å². The van der Waals surface area contributed by atoms with Crippen LogP contribution in [0.3, 0.4) is 0 Å². The van der Waals surface area contributed by atoms with E-state index >= 15 is 0 Å². The number of rotatable bonds is 3. The molecule has 5 rings (SSSR count). The SMILES string of the molecule is C=C[C@]1(C)C[C@@H](OC(=O)NC(=O)OC2CCC(N)CC2)[C@]2(C)[C@H](C)CC34C[C@@](CCC3=O)([C@@H]42)[C@@H](C)[C@@H]1O. The number of hydrogen-bond acceptors (Lipinski definition) is 7. The first-order valence-electron chi connectivity index (χ1n) is 14.1. The predicted molar refractivity (Wildman–Crippen MR) is 137 cm³/mol. The van der Waals surface area contributed by atoms with E-state index in [4.69, 9.17) is 15.2 Å². The number of carbonyl (C=O) groups excluding carboxylic acids is 3. The van der Waals surface area contributed by atoms with Crippen LogP contribution < -0.4 is 11.1 Å². The summed E-state index contributed by atoms with van der Waals surface area (Å²) in [6, 6.07) is 0.128. The van der Waals surface area contributed by atoms with Crippen LogP contribution in [0, 0.1) is 39.4 Å². The average molecular weight is 517 g/mol. The third-order valence-corrected chi connectivity index (χ3v) is 11.8. The predicted octanol–water partition coefficient (Wildman–Crippen LogP) is 4.48. The monoisotopic (exact) mass is 516 g/mol. The van der Waals surface area contributed by atoms with Gasteiger partial charge in [0.05, 0.1) is 6.10 Å². The number of hydrogen-bond donors (Lipinski definition) is 3. The molecule has 4 N–H and O–H groups in total. The van der Waals surface area contributed by atoms with Gasteiger partial charge >= 0.3 is 12.2 Å². The van der Waals surface area contributed by atoms with Gasteiger partial charge in [-0.2, -0.15) is 0 Å². The summed E-state index contributed by atoms with van der Waals surface area (Å²) in [5.74, 6) is 0.468. The van der Waals surface area contributed by atoms with Gasteiger partial charge in [-0.3, -0.25) is 4.79 Å². The van der Waals surface area contributed by atoms with Crippen LogP contribution in [0.1, 0.15) is 85.5 Å². The number of Topliss-reactive ketones (excluding diaryl/α,β-unsaturated/α-hetero) is 1. The fraction of sp³-hybridized carbons (Fsp3) is 0.828. The van der Waals surface area contributed by atoms with Crippen LogP contribution in [0.4, 0.5) is 9.59 Å². The molecule has 0 aliphatic heterocycles. The molecule has 5 saturated carbocycles. The van der Waals surface area contributed by atoms with Crippen LogP contribution in [-0.4, -0.2) is 47.4 Å². The topological polar surface area (TPSA) is 128 Å². The van der Waals surface area contributed by atoms with Crippen molar-refractivity contribution in [2.24, 2.45) is 45.1 Å². The summed E-state index contributed by atoms with van der Waals surface area (Å²) < 4.78 is 11.6. The molecule has 0 aromatic carbocycles. The molecule has 206 valence electrons. The summed E-state index contributed by atoms with van der Waals surface area (Å²) in [6.45, 7) is 12.5. The molecule has 0 saturated heterocycles. The molecule has 2 amide bonds. The van der Waals surface area contributed by atoms with Crippen LogP contribution in [0.15, 0.2) is 12.7 Å². The van der Waals surface area contributed by atoms with E-state index in [0.717, 1.165) is 32.1 Å². The van der Waals surface area contributed by atoms with Crippen LogP contribution in [0.2, 0.25) is 0 Å². The molecule has 0 heterocycles. The molecule has 2 bridgehead atoms. The summed E-state index contributed by atoms with van der Waals surface area (Å²) in [6.07, 6.45) is 4.71. The number of aliphatic hydroxyl groups excluding tert-OH is 1. The first-order chi connectivity index (χ1) is 17.3. The van der Waals surface area contributed by atoms with Gasteiger partial charge in [0.25, 0.3) is 0 Å². The molecule has 0 radical (unpaired) electrons. The highest BCUT2D eigenvalue weighted by atomic mass is 16.6. The minimum Gasteiger partial charge on any atom is -0.446 e. The number of aliphatic hydroxyl groups is 1. The van der Waals surface area contributed by atoms with E-state index in [-0.39, 0.29) is 35.3 Å². The molecule has 5 aliphatic rings. The van der Waals surface area contributed by atoms with Crippen molar-refractivity contribution >= 4 is 18.0 Å². The van der Waals surface area contributed by atoms with Gasteiger partial charge in [-0.15, -0.1) is 6.58 Å². The highest BCUT2D eigenvalue weighted by Crippen LogP contribution is 2.82. The Balaban J connectivity index is 1.41. The van der Waals surface area contributed by atoms with Crippen LogP contribution in [-0.2, 0) is 14.3 Å². The molecule has 37 heavy (non-hydrogen) atoms. The van der Waals surface area contributed by atoms with Gasteiger partial charge in [-0.05, 0) is 74.5 Å². The lowest BCUT2D eigenvalue weighted by atomic mass is 9.32. The lowest BCUT2D eigenvalue weighted by Gasteiger charge is -2.71. The van der Waals surface area contributed by atoms with Gasteiger partial charge < -0.3 is 20.3 Å². The number of nitrogens with one attached hydrogen (secondary N) is 1. The third kappa shape index (κ3) is 3.72. The lowest BCUT2D eigenvalue weighted by Crippen LogP contribution is -2.71. The summed E-state index contributed by atoms with van der Waals surface area (Å²) in [5, 5.41) is 13.9. The Morgan fingerprint density at radius 3 is 2.41 bits per heavy atom. The van der Waals surface area contributed by atoms with Crippen molar-refractivity contribution in [1.82, 2.24) is 5.32 Å². The van der Waals surface area contributed by atoms with Crippen LogP contribution >= 0.6 is 0 Å². The molecular weight excluding hydrogens is 472 g/mol. The normalized spacial score (nSPS) is 50.5. The number of ether oxygens (including phenoxy) is 2. The van der Waals surface area contributed by atoms with Gasteiger partial charge in [0, 0.05) is 28.7 Å². The van der Waals surface area contributed by atoms with E-state index in [1.807, 2.05) is 6.92 Å². The zero-order chi connectivity index (χ0) is 27.0. The van der Waals surface area contributed by atoms with Crippen molar-refractivity contribution in [3.63, 3.8) is 0 Å². The number of nitrogens with two attached hydrogens (primary N) is 1. The highest BCUT2D eigenvalue weighted by molar-refractivity contribution is 5.89. The average Bonchev–Trinajstić information content (AvgIpc) is 3.03. The van der Waals surface area contributed by atoms with Crippen molar-refractivity contribution in [1.29, 1.82) is 0 Å². The second-order valence-corrected chi connectivity index (χ2v) is 13.5. The van der Waals surface area contributed by atoms with E-state index < -0.39 is 40.6 Å². The standard InChI is InChI=1S/C29H44N2O6/c1-6-26(4)14-21(37-25(35)31-24(34)36-19-9-7-18(30)8-10-19)27(5)16(2)13-29-15-28(23(27)29,12-11-20(29)32)17(3)22(26)33/h6,16-19,21-23,33H,1,7-15,30H2,2-5H3,(H,31,34,35)/t16-,17+,18?,19?,21-,22+,23+,26-,27+,28-,29?/m1/s1. The summed E-state index contributed by atoms with van der Waals surface area (Å²) in [4.78, 5) is 38.9. The fourth-order valence-corrected chi connectivity index (χ4v) is 9.65. The molecular formula is C29H44N2O6. The first kappa shape index (κ1) is 26.7. The Bertz CT molecular complexity index is 993. The molecule has 9 atom stereocenters. The molecule has 5 aliphatic carbocycles. The molecule has 2 spiro atoms. The van der Waals surface area contributed by atoms with E-state index in [1.165, 1.54) is 0 Å². The number of alkyl carbamates (subject to hydrolysis) is 2. The van der Waals surface area contributed by atoms with Gasteiger partial charge in [-0.1, -0.05) is 33.8 Å². The third-order valence-electron chi connectivity index (χ3n) is 11.8. The second kappa shape index (κ2) is 8.80. The van der Waals surface area contributed by atoms with E-state index in [1.54, 1.807) is 6.08 Å². The highest BCUT2D eigenvalue weighted by Gasteiger charge is 2.81. The van der Waals surface area contributed by atoms with Crippen molar-refractivity contribution in [3.8, 4) is 0 Å². The Kier molecular flexibility index (Phi) is 6.34. The number of amides is 2. The molecule has 1 unspecified atom stereocenters. The maximum atomic E-state index is 13.3. The fourth-order valence-electron chi connectivity index (χ4n) is 9.65. The Hall–Kier alpha value is -1.93. The zero-order valence-electron chi connectivity index (χ0n) is 22.8. The van der Waals surface area contributed by atoms with Crippen molar-refractivity contribution in [3.05, 3.63) is 12.7 Å². The minimum atomic E-state index is -0.851. The Morgan fingerprint density at radius 1 is 1.11 bits per heavy atom. The number of carbonyl (C=O) groups is 3. The minimum absolute atomic E-state index is 0.0142. The number of ketones is 1. The van der Waals surface area contributed by atoms with Crippen molar-refractivity contribution in [2.45, 2.75) is 110 Å². The smallest absolute Gasteiger partial charge is 0.416 e. The molecule has 0 aromatic heterocycles. The lowest BCUT2D eigenvalue weighted by molar-refractivity contribution is -0.254. The maximum absolute atomic E-state index is 13.3. The quantitative estimate of drug-likeness (QED) is 0.472. The largest absolute Gasteiger partial charge is 0.446 e. The Labute approximate surface area is 220 Å². The summed E-state index contributed by atoms with van der Waals surface area (Å²) >= 11 is 0. The maximum Gasteiger partial charge on any atom is 0.416 e. The zero-order valence-corrected chi connectivity index (χ0v) is 22.8. The summed E-state index contributed by atoms with van der Waals surface area (Å²) in [5.41, 5.74) is 4.17. The van der Waals surface area contributed by atoms with Gasteiger partial charge in [0.2, 0.25) is 0 Å². The van der Waals surface area contributed by atoms with Gasteiger partial charge in [-0.25, -0.2) is 14.9 Å². The van der Waals surface area contributed by atoms with E-state index in [0.29, 0.717) is 31.5 Å². The van der Waals surface area contributed by atoms with Gasteiger partial charge in [0.1, 0.15) is 18.0 Å².